The summed E-state index contributed by atoms with van der Waals surface area (Å²) in [6.07, 6.45) is 13.4. The Labute approximate surface area is 128 Å². The minimum Gasteiger partial charge on any atom is -0.325 e. The van der Waals surface area contributed by atoms with Crippen LogP contribution in [0.1, 0.15) is 98.8 Å². The topological polar surface area (TPSA) is 26.0 Å². The lowest BCUT2D eigenvalue weighted by molar-refractivity contribution is 0.190. The maximum Gasteiger partial charge on any atom is 0.0126 e. The smallest absolute Gasteiger partial charge is 0.0126 e. The van der Waals surface area contributed by atoms with Gasteiger partial charge in [-0.2, -0.15) is 0 Å². The van der Waals surface area contributed by atoms with Gasteiger partial charge in [-0.1, -0.05) is 53.4 Å². The molecule has 20 heavy (non-hydrogen) atoms. The summed E-state index contributed by atoms with van der Waals surface area (Å²) >= 11 is 0. The molecule has 0 spiro atoms. The van der Waals surface area contributed by atoms with Gasteiger partial charge in [0.2, 0.25) is 0 Å². The molecule has 3 atom stereocenters. The average Bonchev–Trinajstić information content (AvgIpc) is 2.30. The molecule has 1 nitrogen and oxygen atoms in total. The van der Waals surface area contributed by atoms with Crippen molar-refractivity contribution in [2.45, 2.75) is 104 Å². The minimum absolute atomic E-state index is 0.0713. The molecule has 120 valence electrons. The fraction of sp³-hybridized carbons (Fsp3) is 1.00. The molecule has 1 saturated carbocycles. The Morgan fingerprint density at radius 1 is 0.950 bits per heavy atom. The van der Waals surface area contributed by atoms with Crippen LogP contribution in [0.3, 0.4) is 0 Å². The molecule has 1 fully saturated rings. The van der Waals surface area contributed by atoms with Crippen LogP contribution in [0.4, 0.5) is 0 Å². The Morgan fingerprint density at radius 3 is 2.20 bits per heavy atom. The fourth-order valence-corrected chi connectivity index (χ4v) is 4.12. The number of rotatable bonds is 2. The van der Waals surface area contributed by atoms with Crippen molar-refractivity contribution in [3.8, 4) is 0 Å². The van der Waals surface area contributed by atoms with E-state index in [-0.39, 0.29) is 5.54 Å². The molecule has 0 aliphatic heterocycles. The second-order valence-corrected chi connectivity index (χ2v) is 8.81. The number of hydrogen-bond donors (Lipinski definition) is 1. The van der Waals surface area contributed by atoms with E-state index >= 15 is 0 Å². The highest BCUT2D eigenvalue weighted by atomic mass is 14.7. The van der Waals surface area contributed by atoms with E-state index < -0.39 is 0 Å². The van der Waals surface area contributed by atoms with Crippen molar-refractivity contribution < 1.29 is 0 Å². The normalized spacial score (nSPS) is 38.2. The molecule has 1 rings (SSSR count). The molecule has 0 aromatic rings. The first-order chi connectivity index (χ1) is 9.22. The van der Waals surface area contributed by atoms with E-state index in [4.69, 9.17) is 5.73 Å². The van der Waals surface area contributed by atoms with Gasteiger partial charge in [-0.15, -0.1) is 0 Å². The van der Waals surface area contributed by atoms with Gasteiger partial charge in [-0.25, -0.2) is 0 Å². The van der Waals surface area contributed by atoms with Gasteiger partial charge in [-0.05, 0) is 62.7 Å². The van der Waals surface area contributed by atoms with Crippen LogP contribution in [0.25, 0.3) is 0 Å². The molecule has 1 aliphatic rings. The van der Waals surface area contributed by atoms with E-state index in [1.165, 1.54) is 64.2 Å². The number of nitrogens with two attached hydrogens (primary N) is 1. The second-order valence-electron chi connectivity index (χ2n) is 8.81. The van der Waals surface area contributed by atoms with Crippen molar-refractivity contribution in [3.63, 3.8) is 0 Å². The lowest BCUT2D eigenvalue weighted by Crippen LogP contribution is -2.36. The molecule has 2 N–H and O–H groups in total. The molecule has 0 heterocycles. The molecule has 1 aliphatic carbocycles. The first-order valence-electron chi connectivity index (χ1n) is 9.01. The molecule has 1 heteroatoms. The first kappa shape index (κ1) is 18.0. The van der Waals surface area contributed by atoms with Crippen LogP contribution in [-0.2, 0) is 0 Å². The average molecular weight is 282 g/mol. The van der Waals surface area contributed by atoms with Gasteiger partial charge in [0.25, 0.3) is 0 Å². The Kier molecular flexibility index (Phi) is 7.04. The summed E-state index contributed by atoms with van der Waals surface area (Å²) in [5.74, 6) is 1.67. The first-order valence-corrected chi connectivity index (χ1v) is 9.01. The Hall–Kier alpha value is -0.0400. The molecule has 0 bridgehead atoms. The highest BCUT2D eigenvalue weighted by Gasteiger charge is 2.26. The van der Waals surface area contributed by atoms with Crippen LogP contribution in [0.2, 0.25) is 0 Å². The van der Waals surface area contributed by atoms with Gasteiger partial charge in [0, 0.05) is 5.54 Å². The van der Waals surface area contributed by atoms with E-state index in [9.17, 15) is 0 Å². The summed E-state index contributed by atoms with van der Waals surface area (Å²) in [5, 5.41) is 0. The van der Waals surface area contributed by atoms with Crippen molar-refractivity contribution in [1.29, 1.82) is 0 Å². The van der Waals surface area contributed by atoms with Gasteiger partial charge in [-0.3, -0.25) is 0 Å². The molecular formula is C19H39N. The van der Waals surface area contributed by atoms with Gasteiger partial charge in [0.1, 0.15) is 0 Å². The van der Waals surface area contributed by atoms with E-state index in [0.29, 0.717) is 5.41 Å². The molecular weight excluding hydrogens is 242 g/mol. The molecule has 0 radical (unpaired) electrons. The van der Waals surface area contributed by atoms with Gasteiger partial charge in [0.05, 0.1) is 0 Å². The van der Waals surface area contributed by atoms with Crippen molar-refractivity contribution >= 4 is 0 Å². The lowest BCUT2D eigenvalue weighted by atomic mass is 9.73. The van der Waals surface area contributed by atoms with Crippen LogP contribution in [0, 0.1) is 17.3 Å². The molecule has 0 amide bonds. The van der Waals surface area contributed by atoms with Gasteiger partial charge < -0.3 is 5.73 Å². The van der Waals surface area contributed by atoms with Crippen molar-refractivity contribution in [3.05, 3.63) is 0 Å². The van der Waals surface area contributed by atoms with E-state index in [1.54, 1.807) is 0 Å². The van der Waals surface area contributed by atoms with Crippen LogP contribution in [-0.4, -0.2) is 5.54 Å². The summed E-state index contributed by atoms with van der Waals surface area (Å²) in [6, 6.07) is 0. The minimum atomic E-state index is 0.0713. The monoisotopic (exact) mass is 281 g/mol. The maximum absolute atomic E-state index is 6.47. The Bertz CT molecular complexity index is 269. The Balaban J connectivity index is 2.62. The fourth-order valence-electron chi connectivity index (χ4n) is 4.12. The SMILES string of the molecule is CC(C)CC1(C)CCCCC(C)(N)CCC(C)CCC1. The zero-order chi connectivity index (χ0) is 15.2. The summed E-state index contributed by atoms with van der Waals surface area (Å²) in [6.45, 7) is 12.0. The van der Waals surface area contributed by atoms with E-state index in [1.807, 2.05) is 0 Å². The molecule has 3 unspecified atom stereocenters. The quantitative estimate of drug-likeness (QED) is 0.668. The largest absolute Gasteiger partial charge is 0.325 e. The van der Waals surface area contributed by atoms with Crippen LogP contribution < -0.4 is 5.73 Å². The summed E-state index contributed by atoms with van der Waals surface area (Å²) in [7, 11) is 0. The predicted octanol–water partition coefficient (Wildman–Crippen LogP) is 5.92. The standard InChI is InChI=1S/C19H39N/c1-16(2)15-18(4)11-6-7-13-19(5,20)14-10-17(3)9-8-12-18/h16-17H,6-15,20H2,1-5H3. The summed E-state index contributed by atoms with van der Waals surface area (Å²) < 4.78 is 0. The van der Waals surface area contributed by atoms with Crippen molar-refractivity contribution in [1.82, 2.24) is 0 Å². The zero-order valence-electron chi connectivity index (χ0n) is 14.8. The number of hydrogen-bond acceptors (Lipinski definition) is 1. The second kappa shape index (κ2) is 7.82. The third-order valence-electron chi connectivity index (χ3n) is 5.36. The summed E-state index contributed by atoms with van der Waals surface area (Å²) in [4.78, 5) is 0. The van der Waals surface area contributed by atoms with Crippen LogP contribution in [0.5, 0.6) is 0 Å². The summed E-state index contributed by atoms with van der Waals surface area (Å²) in [5.41, 5.74) is 7.11. The van der Waals surface area contributed by atoms with E-state index in [0.717, 1.165) is 11.8 Å². The third-order valence-corrected chi connectivity index (χ3v) is 5.36. The van der Waals surface area contributed by atoms with Crippen molar-refractivity contribution in [2.24, 2.45) is 23.0 Å². The maximum atomic E-state index is 6.47. The molecule has 0 saturated heterocycles. The van der Waals surface area contributed by atoms with Gasteiger partial charge >= 0.3 is 0 Å². The lowest BCUT2D eigenvalue weighted by Gasteiger charge is -2.34. The Morgan fingerprint density at radius 2 is 1.55 bits per heavy atom. The van der Waals surface area contributed by atoms with Crippen LogP contribution in [0.15, 0.2) is 0 Å². The molecule has 0 aromatic heterocycles. The highest BCUT2D eigenvalue weighted by Crippen LogP contribution is 2.38. The van der Waals surface area contributed by atoms with Crippen LogP contribution >= 0.6 is 0 Å². The molecule has 0 aromatic carbocycles. The highest BCUT2D eigenvalue weighted by molar-refractivity contribution is 4.82. The third kappa shape index (κ3) is 7.11. The predicted molar refractivity (Wildman–Crippen MR) is 90.9 cm³/mol. The van der Waals surface area contributed by atoms with E-state index in [2.05, 4.69) is 34.6 Å². The van der Waals surface area contributed by atoms with Crippen molar-refractivity contribution in [2.75, 3.05) is 0 Å². The van der Waals surface area contributed by atoms with Gasteiger partial charge in [0.15, 0.2) is 0 Å². The zero-order valence-corrected chi connectivity index (χ0v) is 14.8.